The molecule has 1 saturated carbocycles. The molecule has 1 aromatic heterocycles. The summed E-state index contributed by atoms with van der Waals surface area (Å²) in [5.74, 6) is 0.485. The van der Waals surface area contributed by atoms with Crippen molar-refractivity contribution in [2.24, 2.45) is 5.92 Å². The second kappa shape index (κ2) is 6.12. The Balaban J connectivity index is 1.47. The minimum absolute atomic E-state index is 0.201. The molecule has 0 bridgehead atoms. The lowest BCUT2D eigenvalue weighted by Gasteiger charge is -2.05. The van der Waals surface area contributed by atoms with Crippen LogP contribution in [0.15, 0.2) is 24.3 Å². The van der Waals surface area contributed by atoms with Crippen LogP contribution in [0.25, 0.3) is 10.1 Å². The Morgan fingerprint density at radius 3 is 2.85 bits per heavy atom. The number of halogens is 1. The van der Waals surface area contributed by atoms with Crippen LogP contribution in [0.5, 0.6) is 0 Å². The molecule has 0 unspecified atom stereocenters. The molecule has 2 aromatic rings. The molecule has 1 fully saturated rings. The lowest BCUT2D eigenvalue weighted by molar-refractivity contribution is -0.122. The summed E-state index contributed by atoms with van der Waals surface area (Å²) in [7, 11) is 0. The van der Waals surface area contributed by atoms with Crippen LogP contribution in [0, 0.1) is 5.92 Å². The number of hydrogen-bond acceptors (Lipinski definition) is 3. The zero-order valence-corrected chi connectivity index (χ0v) is 12.7. The number of fused-ring (bicyclic) bond motifs is 1. The summed E-state index contributed by atoms with van der Waals surface area (Å²) < 4.78 is 1.22. The number of amides is 1. The molecular weight excluding hydrogens is 292 g/mol. The van der Waals surface area contributed by atoms with Gasteiger partial charge in [-0.3, -0.25) is 4.79 Å². The third-order valence-corrected chi connectivity index (χ3v) is 5.15. The van der Waals surface area contributed by atoms with Crippen molar-refractivity contribution in [1.29, 1.82) is 0 Å². The van der Waals surface area contributed by atoms with Crippen LogP contribution in [0.2, 0.25) is 5.02 Å². The molecule has 0 spiro atoms. The first-order valence-corrected chi connectivity index (χ1v) is 8.09. The Bertz CT molecular complexity index is 621. The topological polar surface area (TPSA) is 41.1 Å². The highest BCUT2D eigenvalue weighted by atomic mass is 35.5. The molecule has 3 rings (SSSR count). The molecule has 0 radical (unpaired) electrons. The summed E-state index contributed by atoms with van der Waals surface area (Å²) in [6, 6.07) is 8.17. The van der Waals surface area contributed by atoms with E-state index in [0.717, 1.165) is 41.2 Å². The van der Waals surface area contributed by atoms with Gasteiger partial charge >= 0.3 is 0 Å². The van der Waals surface area contributed by atoms with Gasteiger partial charge in [-0.2, -0.15) is 0 Å². The molecule has 20 heavy (non-hydrogen) atoms. The molecule has 1 aromatic carbocycles. The van der Waals surface area contributed by atoms with Crippen LogP contribution in [0.3, 0.4) is 0 Å². The van der Waals surface area contributed by atoms with Crippen molar-refractivity contribution in [2.75, 3.05) is 13.1 Å². The number of carbonyl (C=O) groups excluding carboxylic acids is 1. The summed E-state index contributed by atoms with van der Waals surface area (Å²) in [6.45, 7) is 2.19. The largest absolute Gasteiger partial charge is 0.355 e. The second-order valence-corrected chi connectivity index (χ2v) is 6.59. The molecule has 2 N–H and O–H groups in total. The van der Waals surface area contributed by atoms with E-state index in [0.29, 0.717) is 6.54 Å². The monoisotopic (exact) mass is 308 g/mol. The Morgan fingerprint density at radius 1 is 1.30 bits per heavy atom. The van der Waals surface area contributed by atoms with Gasteiger partial charge in [0.05, 0.1) is 5.02 Å². The molecule has 1 heterocycles. The van der Waals surface area contributed by atoms with Crippen molar-refractivity contribution in [3.63, 3.8) is 0 Å². The smallest absolute Gasteiger partial charge is 0.223 e. The van der Waals surface area contributed by atoms with Gasteiger partial charge in [0, 0.05) is 40.5 Å². The van der Waals surface area contributed by atoms with Crippen molar-refractivity contribution in [3.05, 3.63) is 34.2 Å². The molecule has 106 valence electrons. The third kappa shape index (κ3) is 3.14. The van der Waals surface area contributed by atoms with E-state index in [1.807, 2.05) is 18.2 Å². The van der Waals surface area contributed by atoms with Crippen molar-refractivity contribution < 1.29 is 4.79 Å². The van der Waals surface area contributed by atoms with Crippen LogP contribution in [-0.4, -0.2) is 19.0 Å². The van der Waals surface area contributed by atoms with Crippen molar-refractivity contribution in [1.82, 2.24) is 10.6 Å². The van der Waals surface area contributed by atoms with E-state index < -0.39 is 0 Å². The van der Waals surface area contributed by atoms with E-state index in [-0.39, 0.29) is 11.8 Å². The van der Waals surface area contributed by atoms with Crippen molar-refractivity contribution in [3.8, 4) is 0 Å². The average molecular weight is 309 g/mol. The third-order valence-electron chi connectivity index (χ3n) is 3.44. The van der Waals surface area contributed by atoms with Gasteiger partial charge in [0.15, 0.2) is 0 Å². The van der Waals surface area contributed by atoms with Crippen LogP contribution >= 0.6 is 22.9 Å². The van der Waals surface area contributed by atoms with E-state index in [2.05, 4.69) is 16.7 Å². The zero-order chi connectivity index (χ0) is 13.9. The van der Waals surface area contributed by atoms with Crippen molar-refractivity contribution >= 4 is 38.9 Å². The maximum atomic E-state index is 11.5. The lowest BCUT2D eigenvalue weighted by Crippen LogP contribution is -2.32. The fourth-order valence-corrected chi connectivity index (χ4v) is 3.61. The van der Waals surface area contributed by atoms with E-state index in [1.165, 1.54) is 4.70 Å². The SMILES string of the molecule is O=C(NCCNCc1sc2ccccc2c1Cl)C1CC1. The second-order valence-electron chi connectivity index (χ2n) is 5.08. The highest BCUT2D eigenvalue weighted by Gasteiger charge is 2.28. The van der Waals surface area contributed by atoms with Gasteiger partial charge in [0.1, 0.15) is 0 Å². The predicted octanol–water partition coefficient (Wildman–Crippen LogP) is 3.17. The van der Waals surface area contributed by atoms with Crippen LogP contribution in [0.1, 0.15) is 17.7 Å². The number of nitrogens with one attached hydrogen (secondary N) is 2. The lowest BCUT2D eigenvalue weighted by atomic mass is 10.2. The summed E-state index contributed by atoms with van der Waals surface area (Å²) >= 11 is 8.09. The highest BCUT2D eigenvalue weighted by molar-refractivity contribution is 7.19. The van der Waals surface area contributed by atoms with Gasteiger partial charge in [-0.15, -0.1) is 11.3 Å². The Hall–Kier alpha value is -1.10. The Kier molecular flexibility index (Phi) is 4.24. The minimum atomic E-state index is 0.201. The van der Waals surface area contributed by atoms with E-state index in [9.17, 15) is 4.79 Å². The van der Waals surface area contributed by atoms with Gasteiger partial charge in [-0.25, -0.2) is 0 Å². The molecule has 0 atom stereocenters. The van der Waals surface area contributed by atoms with Crippen LogP contribution in [-0.2, 0) is 11.3 Å². The van der Waals surface area contributed by atoms with Gasteiger partial charge < -0.3 is 10.6 Å². The van der Waals surface area contributed by atoms with E-state index in [4.69, 9.17) is 11.6 Å². The molecule has 5 heteroatoms. The Labute approximate surface area is 127 Å². The summed E-state index contributed by atoms with van der Waals surface area (Å²) in [5.41, 5.74) is 0. The van der Waals surface area contributed by atoms with Gasteiger partial charge in [0.25, 0.3) is 0 Å². The maximum Gasteiger partial charge on any atom is 0.223 e. The first-order valence-electron chi connectivity index (χ1n) is 6.90. The quantitative estimate of drug-likeness (QED) is 0.805. The fraction of sp³-hybridized carbons (Fsp3) is 0.400. The summed E-state index contributed by atoms with van der Waals surface area (Å²) in [5, 5.41) is 8.24. The van der Waals surface area contributed by atoms with E-state index >= 15 is 0 Å². The molecule has 0 saturated heterocycles. The summed E-state index contributed by atoms with van der Waals surface area (Å²) in [4.78, 5) is 12.6. The van der Waals surface area contributed by atoms with Gasteiger partial charge in [0.2, 0.25) is 5.91 Å². The van der Waals surface area contributed by atoms with Gasteiger partial charge in [-0.05, 0) is 18.9 Å². The average Bonchev–Trinajstić information content (AvgIpc) is 3.26. The number of rotatable bonds is 6. The molecule has 3 nitrogen and oxygen atoms in total. The predicted molar refractivity (Wildman–Crippen MR) is 84.3 cm³/mol. The normalized spacial score (nSPS) is 14.7. The standard InChI is InChI=1S/C15H17ClN2OS/c16-14-11-3-1-2-4-12(11)20-13(14)9-17-7-8-18-15(19)10-5-6-10/h1-4,10,17H,5-9H2,(H,18,19). The molecular formula is C15H17ClN2OS. The van der Waals surface area contributed by atoms with Crippen LogP contribution in [0.4, 0.5) is 0 Å². The number of carbonyl (C=O) groups is 1. The van der Waals surface area contributed by atoms with Crippen molar-refractivity contribution in [2.45, 2.75) is 19.4 Å². The molecule has 0 aliphatic heterocycles. The maximum absolute atomic E-state index is 11.5. The number of benzene rings is 1. The van der Waals surface area contributed by atoms with Gasteiger partial charge in [-0.1, -0.05) is 29.8 Å². The van der Waals surface area contributed by atoms with E-state index in [1.54, 1.807) is 11.3 Å². The molecule has 1 aliphatic carbocycles. The fourth-order valence-electron chi connectivity index (χ4n) is 2.14. The zero-order valence-electron chi connectivity index (χ0n) is 11.1. The van der Waals surface area contributed by atoms with Crippen LogP contribution < -0.4 is 10.6 Å². The number of hydrogen-bond donors (Lipinski definition) is 2. The number of thiophene rings is 1. The minimum Gasteiger partial charge on any atom is -0.355 e. The molecule has 1 aliphatic rings. The first-order chi connectivity index (χ1) is 9.75. The Morgan fingerprint density at radius 2 is 2.10 bits per heavy atom. The summed E-state index contributed by atoms with van der Waals surface area (Å²) in [6.07, 6.45) is 2.10. The first kappa shape index (κ1) is 13.9. The highest BCUT2D eigenvalue weighted by Crippen LogP contribution is 2.34. The molecule has 1 amide bonds.